The van der Waals surface area contributed by atoms with E-state index >= 15 is 0 Å². The number of hydrogen-bond donors (Lipinski definition) is 2. The quantitative estimate of drug-likeness (QED) is 0.559. The van der Waals surface area contributed by atoms with Gasteiger partial charge in [0, 0.05) is 25.1 Å². The average Bonchev–Trinajstić information content (AvgIpc) is 2.42. The summed E-state index contributed by atoms with van der Waals surface area (Å²) in [6.07, 6.45) is 0.752. The maximum atomic E-state index is 12.2. The van der Waals surface area contributed by atoms with E-state index in [1.54, 1.807) is 7.05 Å². The van der Waals surface area contributed by atoms with Crippen LogP contribution < -0.4 is 10.6 Å². The summed E-state index contributed by atoms with van der Waals surface area (Å²) in [6.45, 7) is 6.63. The molecular weight excluding hydrogens is 264 g/mol. The predicted molar refractivity (Wildman–Crippen MR) is 77.3 cm³/mol. The molecule has 0 saturated heterocycles. The lowest BCUT2D eigenvalue weighted by Gasteiger charge is -2.55. The number of hydrogen-bond acceptors (Lipinski definition) is 2. The van der Waals surface area contributed by atoms with E-state index in [0.717, 1.165) is 19.3 Å². The van der Waals surface area contributed by atoms with Crippen LogP contribution in [0, 0.1) is 5.41 Å². The first-order valence-electron chi connectivity index (χ1n) is 7.40. The molecule has 0 aromatic rings. The zero-order chi connectivity index (χ0) is 15.2. The second kappa shape index (κ2) is 7.76. The number of rotatable bonds is 7. The number of halogens is 2. The smallest absolute Gasteiger partial charge is 0.255 e. The van der Waals surface area contributed by atoms with E-state index in [1.807, 2.05) is 6.92 Å². The van der Waals surface area contributed by atoms with Crippen LogP contribution in [0.1, 0.15) is 40.0 Å². The molecule has 1 rings (SSSR count). The SMILES string of the molecule is CCOC1CC(NC(=NC)NCC(F)F)C1(CC)CC. The first-order chi connectivity index (χ1) is 9.53. The summed E-state index contributed by atoms with van der Waals surface area (Å²) in [5, 5.41) is 5.91. The number of nitrogens with one attached hydrogen (secondary N) is 2. The van der Waals surface area contributed by atoms with E-state index in [0.29, 0.717) is 12.6 Å². The van der Waals surface area contributed by atoms with Gasteiger partial charge in [0.05, 0.1) is 12.6 Å². The van der Waals surface area contributed by atoms with E-state index in [2.05, 4.69) is 29.5 Å². The minimum Gasteiger partial charge on any atom is -0.378 e. The predicted octanol–water partition coefficient (Wildman–Crippen LogP) is 2.40. The molecule has 0 bridgehead atoms. The van der Waals surface area contributed by atoms with Crippen molar-refractivity contribution < 1.29 is 13.5 Å². The highest BCUT2D eigenvalue weighted by Crippen LogP contribution is 2.48. The summed E-state index contributed by atoms with van der Waals surface area (Å²) in [5.41, 5.74) is 0.0679. The highest BCUT2D eigenvalue weighted by Gasteiger charge is 2.53. The van der Waals surface area contributed by atoms with Crippen LogP contribution in [0.2, 0.25) is 0 Å². The summed E-state index contributed by atoms with van der Waals surface area (Å²) in [4.78, 5) is 4.01. The fourth-order valence-corrected chi connectivity index (χ4v) is 3.12. The number of nitrogens with zero attached hydrogens (tertiary/aromatic N) is 1. The van der Waals surface area contributed by atoms with Crippen molar-refractivity contribution in [2.75, 3.05) is 20.2 Å². The van der Waals surface area contributed by atoms with Crippen molar-refractivity contribution in [2.45, 2.75) is 58.6 Å². The first kappa shape index (κ1) is 17.1. The molecule has 0 amide bonds. The third kappa shape index (κ3) is 3.59. The lowest BCUT2D eigenvalue weighted by Crippen LogP contribution is -2.65. The van der Waals surface area contributed by atoms with Gasteiger partial charge >= 0.3 is 0 Å². The van der Waals surface area contributed by atoms with E-state index < -0.39 is 6.43 Å². The molecular formula is C14H27F2N3O. The molecule has 0 aliphatic heterocycles. The zero-order valence-corrected chi connectivity index (χ0v) is 12.9. The van der Waals surface area contributed by atoms with Gasteiger partial charge in [-0.3, -0.25) is 4.99 Å². The molecule has 1 aliphatic rings. The number of alkyl halides is 2. The molecule has 6 heteroatoms. The van der Waals surface area contributed by atoms with Crippen LogP contribution in [0.5, 0.6) is 0 Å². The maximum Gasteiger partial charge on any atom is 0.255 e. The third-order valence-corrected chi connectivity index (χ3v) is 4.43. The standard InChI is InChI=1S/C14H27F2N3O/c1-5-14(6-2)10(8-11(14)20-7-3)19-13(17-4)18-9-12(15)16/h10-12H,5-9H2,1-4H3,(H2,17,18,19). The van der Waals surface area contributed by atoms with Gasteiger partial charge in [-0.15, -0.1) is 0 Å². The highest BCUT2D eigenvalue weighted by atomic mass is 19.3. The summed E-state index contributed by atoms with van der Waals surface area (Å²) in [7, 11) is 1.60. The van der Waals surface area contributed by atoms with Crippen molar-refractivity contribution in [3.63, 3.8) is 0 Å². The van der Waals surface area contributed by atoms with Crippen molar-refractivity contribution in [3.05, 3.63) is 0 Å². The maximum absolute atomic E-state index is 12.2. The molecule has 0 heterocycles. The van der Waals surface area contributed by atoms with Crippen molar-refractivity contribution >= 4 is 5.96 Å². The van der Waals surface area contributed by atoms with E-state index in [9.17, 15) is 8.78 Å². The summed E-state index contributed by atoms with van der Waals surface area (Å²) in [5.74, 6) is 0.441. The monoisotopic (exact) mass is 291 g/mol. The first-order valence-corrected chi connectivity index (χ1v) is 7.40. The van der Waals surface area contributed by atoms with Crippen molar-refractivity contribution in [3.8, 4) is 0 Å². The van der Waals surface area contributed by atoms with Gasteiger partial charge in [0.2, 0.25) is 0 Å². The largest absolute Gasteiger partial charge is 0.378 e. The van der Waals surface area contributed by atoms with Crippen LogP contribution in [0.15, 0.2) is 4.99 Å². The zero-order valence-electron chi connectivity index (χ0n) is 12.9. The Labute approximate surface area is 120 Å². The van der Waals surface area contributed by atoms with Gasteiger partial charge in [0.1, 0.15) is 0 Å². The second-order valence-corrected chi connectivity index (χ2v) is 5.16. The van der Waals surface area contributed by atoms with Crippen LogP contribution >= 0.6 is 0 Å². The van der Waals surface area contributed by atoms with E-state index in [4.69, 9.17) is 4.74 Å². The lowest BCUT2D eigenvalue weighted by molar-refractivity contribution is -0.133. The highest BCUT2D eigenvalue weighted by molar-refractivity contribution is 5.80. The van der Waals surface area contributed by atoms with Gasteiger partial charge in [0.25, 0.3) is 6.43 Å². The molecule has 4 nitrogen and oxygen atoms in total. The lowest BCUT2D eigenvalue weighted by atomic mass is 9.58. The Morgan fingerprint density at radius 1 is 1.35 bits per heavy atom. The molecule has 2 N–H and O–H groups in total. The molecule has 0 aromatic carbocycles. The van der Waals surface area contributed by atoms with Crippen molar-refractivity contribution in [2.24, 2.45) is 10.4 Å². The summed E-state index contributed by atoms with van der Waals surface area (Å²) < 4.78 is 30.3. The van der Waals surface area contributed by atoms with Gasteiger partial charge in [-0.1, -0.05) is 13.8 Å². The summed E-state index contributed by atoms with van der Waals surface area (Å²) >= 11 is 0. The Hall–Kier alpha value is -0.910. The molecule has 1 fully saturated rings. The molecule has 1 aliphatic carbocycles. The minimum atomic E-state index is -2.38. The molecule has 20 heavy (non-hydrogen) atoms. The summed E-state index contributed by atoms with van der Waals surface area (Å²) in [6, 6.07) is 0.220. The third-order valence-electron chi connectivity index (χ3n) is 4.43. The molecule has 0 radical (unpaired) electrons. The van der Waals surface area contributed by atoms with E-state index in [1.165, 1.54) is 0 Å². The fourth-order valence-electron chi connectivity index (χ4n) is 3.12. The van der Waals surface area contributed by atoms with Gasteiger partial charge in [0.15, 0.2) is 5.96 Å². The molecule has 1 saturated carbocycles. The molecule has 0 spiro atoms. The molecule has 2 atom stereocenters. The van der Waals surface area contributed by atoms with Crippen molar-refractivity contribution in [1.82, 2.24) is 10.6 Å². The van der Waals surface area contributed by atoms with Crippen molar-refractivity contribution in [1.29, 1.82) is 0 Å². The van der Waals surface area contributed by atoms with Gasteiger partial charge < -0.3 is 15.4 Å². The molecule has 118 valence electrons. The Bertz CT molecular complexity index is 320. The van der Waals surface area contributed by atoms with Gasteiger partial charge in [-0.25, -0.2) is 8.78 Å². The van der Waals surface area contributed by atoms with Crippen LogP contribution in [0.4, 0.5) is 8.78 Å². The van der Waals surface area contributed by atoms with Crippen LogP contribution in [0.25, 0.3) is 0 Å². The number of ether oxygens (including phenoxy) is 1. The second-order valence-electron chi connectivity index (χ2n) is 5.16. The Morgan fingerprint density at radius 2 is 2.00 bits per heavy atom. The Balaban J connectivity index is 2.62. The number of aliphatic imine (C=N–C) groups is 1. The van der Waals surface area contributed by atoms with Gasteiger partial charge in [-0.2, -0.15) is 0 Å². The Morgan fingerprint density at radius 3 is 2.45 bits per heavy atom. The molecule has 0 aromatic heterocycles. The topological polar surface area (TPSA) is 45.6 Å². The minimum absolute atomic E-state index is 0.0679. The average molecular weight is 291 g/mol. The normalized spacial score (nSPS) is 25.4. The molecule has 2 unspecified atom stereocenters. The Kier molecular flexibility index (Phi) is 6.65. The van der Waals surface area contributed by atoms with Crippen LogP contribution in [0.3, 0.4) is 0 Å². The number of guanidine groups is 1. The van der Waals surface area contributed by atoms with E-state index in [-0.39, 0.29) is 24.1 Å². The van der Waals surface area contributed by atoms with Gasteiger partial charge in [-0.05, 0) is 26.2 Å². The fraction of sp³-hybridized carbons (Fsp3) is 0.929. The van der Waals surface area contributed by atoms with Crippen LogP contribution in [-0.4, -0.2) is 44.7 Å². The van der Waals surface area contributed by atoms with Crippen LogP contribution in [-0.2, 0) is 4.74 Å².